The monoisotopic (exact) mass is 646 g/mol. The van der Waals surface area contributed by atoms with Gasteiger partial charge in [0.2, 0.25) is 0 Å². The second kappa shape index (κ2) is 23.7. The first-order chi connectivity index (χ1) is 10.9. The Labute approximate surface area is 210 Å². The zero-order chi connectivity index (χ0) is 19.7. The fraction of sp³-hybridized carbons (Fsp3) is 0. The topological polar surface area (TPSA) is 241 Å². The quantitative estimate of drug-likeness (QED) is 0.245. The summed E-state index contributed by atoms with van der Waals surface area (Å²) in [5.41, 5.74) is 0. The van der Waals surface area contributed by atoms with E-state index in [4.69, 9.17) is 0 Å². The van der Waals surface area contributed by atoms with Gasteiger partial charge in [-0.25, -0.2) is 0 Å². The second-order valence-electron chi connectivity index (χ2n) is 2.91. The molecule has 0 aromatic carbocycles. The third-order valence-corrected chi connectivity index (χ3v) is 1.07. The molecule has 14 heteroatoms. The van der Waals surface area contributed by atoms with Crippen LogP contribution in [0.15, 0.2) is 36.5 Å². The van der Waals surface area contributed by atoms with Crippen LogP contribution in [0.5, 0.6) is 0 Å². The molecule has 138 valence electrons. The molecule has 0 spiro atoms. The van der Waals surface area contributed by atoms with E-state index in [9.17, 15) is 59.4 Å². The van der Waals surface area contributed by atoms with Gasteiger partial charge >= 0.3 is 80.8 Å². The number of hydrogen-bond acceptors (Lipinski definition) is 12. The molecule has 0 aliphatic heterocycles. The van der Waals surface area contributed by atoms with E-state index in [-0.39, 0.29) is 80.8 Å². The van der Waals surface area contributed by atoms with Crippen molar-refractivity contribution in [3.63, 3.8) is 0 Å². The van der Waals surface area contributed by atoms with Crippen LogP contribution in [0, 0.1) is 80.8 Å². The summed E-state index contributed by atoms with van der Waals surface area (Å²) in [6.45, 7) is 0. The van der Waals surface area contributed by atoms with E-state index < -0.39 is 35.8 Å². The Hall–Kier alpha value is -1.28. The van der Waals surface area contributed by atoms with E-state index in [1.807, 2.05) is 0 Å². The average Bonchev–Trinajstić information content (AvgIpc) is 2.42. The molecule has 0 aliphatic carbocycles. The Kier molecular flexibility index (Phi) is 32.6. The number of carboxylic acids is 6. The third kappa shape index (κ3) is 56.9. The van der Waals surface area contributed by atoms with Crippen molar-refractivity contribution in [3.8, 4) is 0 Å². The predicted octanol–water partition coefficient (Wildman–Crippen LogP) is -8.87. The second-order valence-corrected chi connectivity index (χ2v) is 2.91. The van der Waals surface area contributed by atoms with E-state index >= 15 is 0 Å². The van der Waals surface area contributed by atoms with Gasteiger partial charge in [0.25, 0.3) is 0 Å². The maximum absolute atomic E-state index is 9.41. The van der Waals surface area contributed by atoms with Crippen LogP contribution in [-0.2, 0) is 28.8 Å². The fourth-order valence-electron chi connectivity index (χ4n) is 0.408. The molecule has 2 radical (unpaired) electrons. The van der Waals surface area contributed by atoms with Crippen molar-refractivity contribution in [3.05, 3.63) is 36.5 Å². The maximum atomic E-state index is 9.41. The normalized spacial score (nSPS) is 8.77. The summed E-state index contributed by atoms with van der Waals surface area (Å²) in [6, 6.07) is 0. The Bertz CT molecular complexity index is 448. The molecule has 0 fully saturated rings. The minimum atomic E-state index is -1.55. The van der Waals surface area contributed by atoms with Crippen molar-refractivity contribution in [2.24, 2.45) is 0 Å². The molecule has 0 bridgehead atoms. The number of carbonyl (C=O) groups is 6. The van der Waals surface area contributed by atoms with E-state index in [1.54, 1.807) is 0 Å². The SMILES string of the molecule is O=C([O-])/C=C\C(=O)[O-].O=C([O-])/C=C\C(=O)[O-].O=C([O-])/C=C\C(=O)[O-].[Sm+3].[Sm+3]. The van der Waals surface area contributed by atoms with Crippen LogP contribution in [-0.4, -0.2) is 35.8 Å². The minimum absolute atomic E-state index is 0. The van der Waals surface area contributed by atoms with Gasteiger partial charge in [-0.15, -0.1) is 0 Å². The van der Waals surface area contributed by atoms with Gasteiger partial charge in [-0.1, -0.05) is 0 Å². The molecule has 0 amide bonds. The van der Waals surface area contributed by atoms with Crippen LogP contribution in [0.25, 0.3) is 0 Å². The van der Waals surface area contributed by atoms with Crippen molar-refractivity contribution < 1.29 is 140 Å². The molecule has 0 aromatic rings. The first-order valence-corrected chi connectivity index (χ1v) is 5.18. The smallest absolute Gasteiger partial charge is 0.545 e. The molecule has 0 unspecified atom stereocenters. The van der Waals surface area contributed by atoms with Gasteiger partial charge in [-0.05, 0) is 36.5 Å². The molecule has 26 heavy (non-hydrogen) atoms. The molecule has 0 N–H and O–H groups in total. The maximum Gasteiger partial charge on any atom is 3.00 e. The van der Waals surface area contributed by atoms with E-state index in [0.29, 0.717) is 36.5 Å². The van der Waals surface area contributed by atoms with Gasteiger partial charge in [0, 0.05) is 0 Å². The summed E-state index contributed by atoms with van der Waals surface area (Å²) in [7, 11) is 0. The minimum Gasteiger partial charge on any atom is -0.545 e. The standard InChI is InChI=1S/3C4H4O4.2Sm/c3*5-3(6)1-2-4(7)8;;/h3*1-2H,(H,5,6)(H,7,8);;/q;;;2*+3/p-6/b3*2-1-;;. The number of rotatable bonds is 6. The van der Waals surface area contributed by atoms with Gasteiger partial charge in [0.05, 0.1) is 35.8 Å². The molecule has 0 saturated carbocycles. The number of aliphatic carboxylic acids is 6. The summed E-state index contributed by atoms with van der Waals surface area (Å²) in [5.74, 6) is -9.28. The van der Waals surface area contributed by atoms with Crippen molar-refractivity contribution in [2.75, 3.05) is 0 Å². The first kappa shape index (κ1) is 35.8. The molecule has 12 nitrogen and oxygen atoms in total. The Morgan fingerprint density at radius 3 is 0.462 bits per heavy atom. The summed E-state index contributed by atoms with van der Waals surface area (Å²) < 4.78 is 0. The summed E-state index contributed by atoms with van der Waals surface area (Å²) in [5, 5.41) is 56.5. The third-order valence-electron chi connectivity index (χ3n) is 1.07. The van der Waals surface area contributed by atoms with Crippen molar-refractivity contribution in [1.29, 1.82) is 0 Å². The molecule has 0 heterocycles. The predicted molar refractivity (Wildman–Crippen MR) is 57.5 cm³/mol. The molecular weight excluding hydrogens is 637 g/mol. The molecule has 0 atom stereocenters. The van der Waals surface area contributed by atoms with E-state index in [2.05, 4.69) is 0 Å². The van der Waals surface area contributed by atoms with Crippen LogP contribution in [0.3, 0.4) is 0 Å². The first-order valence-electron chi connectivity index (χ1n) is 5.18. The molecule has 0 aromatic heterocycles. The van der Waals surface area contributed by atoms with Crippen LogP contribution >= 0.6 is 0 Å². The number of carboxylic acid groups (broad SMARTS) is 6. The van der Waals surface area contributed by atoms with Crippen LogP contribution < -0.4 is 30.6 Å². The molecule has 0 rings (SSSR count). The van der Waals surface area contributed by atoms with Crippen LogP contribution in [0.4, 0.5) is 0 Å². The summed E-state index contributed by atoms with van der Waals surface area (Å²) >= 11 is 0. The van der Waals surface area contributed by atoms with Gasteiger partial charge in [-0.3, -0.25) is 0 Å². The van der Waals surface area contributed by atoms with Gasteiger partial charge < -0.3 is 59.4 Å². The molecule has 0 aliphatic rings. The average molecular weight is 643 g/mol. The summed E-state index contributed by atoms with van der Waals surface area (Å²) in [4.78, 5) is 56.5. The van der Waals surface area contributed by atoms with Gasteiger partial charge in [0.1, 0.15) is 0 Å². The Morgan fingerprint density at radius 2 is 0.423 bits per heavy atom. The molecule has 0 saturated heterocycles. The largest absolute Gasteiger partial charge is 3.00 e. The van der Waals surface area contributed by atoms with E-state index in [1.165, 1.54) is 0 Å². The zero-order valence-electron chi connectivity index (χ0n) is 12.2. The van der Waals surface area contributed by atoms with Crippen molar-refractivity contribution >= 4 is 35.8 Å². The van der Waals surface area contributed by atoms with Crippen molar-refractivity contribution in [1.82, 2.24) is 0 Å². The van der Waals surface area contributed by atoms with Gasteiger partial charge in [0.15, 0.2) is 0 Å². The van der Waals surface area contributed by atoms with Crippen LogP contribution in [0.2, 0.25) is 0 Å². The van der Waals surface area contributed by atoms with Crippen LogP contribution in [0.1, 0.15) is 0 Å². The number of hydrogen-bond donors (Lipinski definition) is 0. The fourth-order valence-corrected chi connectivity index (χ4v) is 0.408. The molecular formula is C12H6O12Sm2. The summed E-state index contributed by atoms with van der Waals surface area (Å²) in [6.07, 6.45) is 2.31. The number of carbonyl (C=O) groups excluding carboxylic acids is 6. The zero-order valence-corrected chi connectivity index (χ0v) is 17.4. The van der Waals surface area contributed by atoms with Gasteiger partial charge in [-0.2, -0.15) is 0 Å². The van der Waals surface area contributed by atoms with E-state index in [0.717, 1.165) is 0 Å². The Balaban J connectivity index is -0.0000000817. The van der Waals surface area contributed by atoms with Crippen molar-refractivity contribution in [2.45, 2.75) is 0 Å². The Morgan fingerprint density at radius 1 is 0.346 bits per heavy atom.